The van der Waals surface area contributed by atoms with Crippen LogP contribution in [0.2, 0.25) is 0 Å². The van der Waals surface area contributed by atoms with Gasteiger partial charge in [-0.2, -0.15) is 35.1 Å². The number of anilines is 1. The number of alkyl halides is 8. The number of halogens is 10. The number of aromatic nitrogens is 1. The molecule has 2 aromatic carbocycles. The van der Waals surface area contributed by atoms with E-state index in [0.29, 0.717) is 35.0 Å². The first-order chi connectivity index (χ1) is 38.2. The number of alkyl carbamates (subject to hydrolysis) is 1. The molecule has 17 nitrogen and oxygen atoms in total. The van der Waals surface area contributed by atoms with E-state index in [1.807, 2.05) is 17.4 Å². The van der Waals surface area contributed by atoms with Crippen LogP contribution in [0, 0.1) is 40.2 Å². The van der Waals surface area contributed by atoms with Crippen LogP contribution < -0.4 is 32.3 Å². The highest BCUT2D eigenvalue weighted by Crippen LogP contribution is 2.45. The molecular formula is C55H67F10N9O8. The Hall–Kier alpha value is -7.02. The summed E-state index contributed by atoms with van der Waals surface area (Å²) in [4.78, 5) is 60.1. The number of pyridine rings is 1. The van der Waals surface area contributed by atoms with Crippen molar-refractivity contribution in [3.8, 4) is 11.8 Å². The average molecular weight is 1170 g/mol. The van der Waals surface area contributed by atoms with Crippen LogP contribution in [-0.4, -0.2) is 147 Å². The lowest BCUT2D eigenvalue weighted by Gasteiger charge is -2.54. The quantitative estimate of drug-likeness (QED) is 0.0233. The van der Waals surface area contributed by atoms with Crippen molar-refractivity contribution >= 4 is 41.6 Å². The van der Waals surface area contributed by atoms with E-state index in [2.05, 4.69) is 53.7 Å². The molecule has 1 aromatic heterocycles. The SMILES string of the molecule is COC(=O)C[C@H](C(N)=O)C(C)(C)C(F)(F)F.COC(=O)N[C@H](C(=O)N[C@@H](Cc1ccc(C#Cc2ccc(N3CC4CCC(C3)N4C3(C)COC3)nc2)cc1)[C@@H](O)CNCc1c(F)cc(C(N)=CC=NC(F)F)cc1F)C(C)(C)C(F)(F)F. The van der Waals surface area contributed by atoms with Gasteiger partial charge in [0.2, 0.25) is 11.8 Å². The number of carbonyl (C=O) groups excluding carboxylic acids is 4. The number of benzene rings is 2. The molecule has 450 valence electrons. The number of primary amides is 1. The lowest BCUT2D eigenvalue weighted by molar-refractivity contribution is -0.229. The maximum Gasteiger partial charge on any atom is 0.407 e. The number of aliphatic hydroxyl groups is 1. The number of aliphatic hydroxyl groups excluding tert-OH is 1. The fraction of sp³-hybridized carbons (Fsp3) is 0.527. The Morgan fingerprint density at radius 2 is 1.45 bits per heavy atom. The summed E-state index contributed by atoms with van der Waals surface area (Å²) in [7, 11) is 1.94. The zero-order chi connectivity index (χ0) is 61.1. The van der Waals surface area contributed by atoms with Gasteiger partial charge in [0.25, 0.3) is 0 Å². The van der Waals surface area contributed by atoms with Crippen molar-refractivity contribution in [1.29, 1.82) is 0 Å². The van der Waals surface area contributed by atoms with Gasteiger partial charge in [0.1, 0.15) is 23.5 Å². The minimum Gasteiger partial charge on any atom is -0.469 e. The number of piperazine rings is 1. The highest BCUT2D eigenvalue weighted by atomic mass is 19.4. The number of hydrogen-bond acceptors (Lipinski definition) is 14. The Balaban J connectivity index is 0.000000669. The second kappa shape index (κ2) is 27.4. The van der Waals surface area contributed by atoms with Crippen molar-refractivity contribution in [3.63, 3.8) is 0 Å². The normalized spacial score (nSPS) is 18.9. The summed E-state index contributed by atoms with van der Waals surface area (Å²) in [5, 5.41) is 18.4. The Morgan fingerprint density at radius 1 is 0.878 bits per heavy atom. The van der Waals surface area contributed by atoms with Gasteiger partial charge in [0, 0.05) is 78.6 Å². The van der Waals surface area contributed by atoms with Crippen LogP contribution >= 0.6 is 0 Å². The first-order valence-corrected chi connectivity index (χ1v) is 25.7. The minimum absolute atomic E-state index is 0.102. The number of nitrogens with two attached hydrogens (primary N) is 2. The molecule has 0 radical (unpaired) electrons. The lowest BCUT2D eigenvalue weighted by atomic mass is 9.76. The molecule has 2 unspecified atom stereocenters. The Labute approximate surface area is 467 Å². The number of methoxy groups -OCH3 is 2. The molecule has 82 heavy (non-hydrogen) atoms. The van der Waals surface area contributed by atoms with E-state index >= 15 is 8.78 Å². The summed E-state index contributed by atoms with van der Waals surface area (Å²) < 4.78 is 150. The molecule has 3 aliphatic rings. The first kappa shape index (κ1) is 65.8. The van der Waals surface area contributed by atoms with Crippen molar-refractivity contribution in [3.05, 3.63) is 100 Å². The van der Waals surface area contributed by atoms with Crippen LogP contribution in [0.15, 0.2) is 65.8 Å². The third-order valence-corrected chi connectivity index (χ3v) is 14.8. The number of fused-ring (bicyclic) bond motifs is 2. The molecule has 3 saturated heterocycles. The minimum atomic E-state index is -4.98. The predicted octanol–water partition coefficient (Wildman–Crippen LogP) is 6.53. The summed E-state index contributed by atoms with van der Waals surface area (Å²) in [6.07, 6.45) is -7.66. The van der Waals surface area contributed by atoms with Gasteiger partial charge in [-0.15, -0.1) is 0 Å². The Kier molecular flexibility index (Phi) is 22.0. The van der Waals surface area contributed by atoms with Gasteiger partial charge in [0.15, 0.2) is 0 Å². The maximum absolute atomic E-state index is 15.1. The standard InChI is InChI=1S/C46H53F7N8O5.C9H14F3NO3/c1-44(2,46(51,52)53)40(59-43(64)65-4)41(63)58-37(38(62)22-55-21-33-34(47)18-30(19-35(33)48)36(54)15-16-56-42(49)50)17-28-8-5-27(6-9-28)7-10-29-11-14-39(57-20-29)60-23-31-12-13-32(24-60)61(31)45(3)25-66-26-45;1-8(2,9(10,11)12)5(7(13)15)4-6(14)16-3/h5-6,8-9,11,14-16,18-20,31-32,37-38,40,42,55,62H,12-13,17,21-26,54H2,1-4H3,(H,58,63)(H,59,64);5H,4H2,1-3H3,(H2,13,15)/t31?,32?,37-,38-,40+;5-/m01/s1. The molecule has 3 aromatic rings. The van der Waals surface area contributed by atoms with Gasteiger partial charge in [-0.25, -0.2) is 23.6 Å². The second-order valence-corrected chi connectivity index (χ2v) is 21.4. The fourth-order valence-corrected chi connectivity index (χ4v) is 9.62. The van der Waals surface area contributed by atoms with Gasteiger partial charge in [0.05, 0.1) is 68.3 Å². The smallest absolute Gasteiger partial charge is 0.407 e. The number of carbonyl (C=O) groups is 4. The number of ether oxygens (including phenoxy) is 3. The highest BCUT2D eigenvalue weighted by molar-refractivity contribution is 5.87. The largest absolute Gasteiger partial charge is 0.469 e. The van der Waals surface area contributed by atoms with Crippen LogP contribution in [-0.2, 0) is 41.6 Å². The van der Waals surface area contributed by atoms with Crippen molar-refractivity contribution < 1.29 is 82.4 Å². The van der Waals surface area contributed by atoms with Gasteiger partial charge in [-0.05, 0) is 88.1 Å². The van der Waals surface area contributed by atoms with E-state index in [-0.39, 0.29) is 23.2 Å². The Bertz CT molecular complexity index is 2800. The molecular weight excluding hydrogens is 1100 g/mol. The molecule has 0 spiro atoms. The van der Waals surface area contributed by atoms with Crippen molar-refractivity contribution in [2.75, 3.05) is 52.0 Å². The number of esters is 1. The average Bonchev–Trinajstić information content (AvgIpc) is 3.81. The van der Waals surface area contributed by atoms with E-state index in [1.54, 1.807) is 30.5 Å². The highest BCUT2D eigenvalue weighted by Gasteiger charge is 2.57. The van der Waals surface area contributed by atoms with Crippen molar-refractivity contribution in [2.45, 2.75) is 122 Å². The van der Waals surface area contributed by atoms with Gasteiger partial charge >= 0.3 is 31.0 Å². The summed E-state index contributed by atoms with van der Waals surface area (Å²) in [6.45, 7) is 4.73. The van der Waals surface area contributed by atoms with Crippen LogP contribution in [0.5, 0.6) is 0 Å². The molecule has 8 N–H and O–H groups in total. The van der Waals surface area contributed by atoms with Gasteiger partial charge in [-0.1, -0.05) is 37.8 Å². The number of allylic oxidation sites excluding steroid dienone is 1. The topological polar surface area (TPSA) is 236 Å². The number of aliphatic imine (C=N–C) groups is 1. The van der Waals surface area contributed by atoms with Crippen molar-refractivity contribution in [1.82, 2.24) is 25.8 Å². The van der Waals surface area contributed by atoms with E-state index in [1.165, 1.54) is 0 Å². The van der Waals surface area contributed by atoms with Crippen LogP contribution in [0.4, 0.5) is 54.5 Å². The predicted molar refractivity (Wildman–Crippen MR) is 281 cm³/mol. The van der Waals surface area contributed by atoms with E-state index < -0.39 is 114 Å². The fourth-order valence-electron chi connectivity index (χ4n) is 9.62. The molecule has 0 saturated carbocycles. The monoisotopic (exact) mass is 1170 g/mol. The molecule has 27 heteroatoms. The third-order valence-electron chi connectivity index (χ3n) is 14.8. The maximum atomic E-state index is 15.1. The van der Waals surface area contributed by atoms with Crippen LogP contribution in [0.3, 0.4) is 0 Å². The molecule has 4 heterocycles. The van der Waals surface area contributed by atoms with Crippen molar-refractivity contribution in [2.24, 2.45) is 33.2 Å². The number of rotatable bonds is 20. The van der Waals surface area contributed by atoms with Gasteiger partial charge < -0.3 is 51.6 Å². The number of nitrogens with one attached hydrogen (secondary N) is 3. The number of nitrogens with zero attached hydrogens (tertiary/aromatic N) is 4. The van der Waals surface area contributed by atoms with Gasteiger partial charge in [-0.3, -0.25) is 19.3 Å². The first-order valence-electron chi connectivity index (χ1n) is 25.7. The van der Waals surface area contributed by atoms with Crippen LogP contribution in [0.1, 0.15) is 81.7 Å². The molecule has 0 aliphatic carbocycles. The summed E-state index contributed by atoms with van der Waals surface area (Å²) in [6, 6.07) is 9.68. The summed E-state index contributed by atoms with van der Waals surface area (Å²) in [5.74, 6) is -0.0581. The molecule has 6 atom stereocenters. The van der Waals surface area contributed by atoms with E-state index in [0.717, 1.165) is 105 Å². The number of amides is 3. The molecule has 3 aliphatic heterocycles. The number of hydrogen-bond donors (Lipinski definition) is 6. The molecule has 3 fully saturated rings. The molecule has 3 amide bonds. The molecule has 2 bridgehead atoms. The summed E-state index contributed by atoms with van der Waals surface area (Å²) >= 11 is 0. The Morgan fingerprint density at radius 3 is 1.94 bits per heavy atom. The molecule has 6 rings (SSSR count). The van der Waals surface area contributed by atoms with E-state index in [4.69, 9.17) is 21.2 Å². The third kappa shape index (κ3) is 16.6. The van der Waals surface area contributed by atoms with Crippen LogP contribution in [0.25, 0.3) is 5.70 Å². The lowest BCUT2D eigenvalue weighted by Crippen LogP contribution is -2.68. The summed E-state index contributed by atoms with van der Waals surface area (Å²) in [5.41, 5.74) is 6.48. The second-order valence-electron chi connectivity index (χ2n) is 21.4. The zero-order valence-corrected chi connectivity index (χ0v) is 46.0. The zero-order valence-electron chi connectivity index (χ0n) is 46.0. The van der Waals surface area contributed by atoms with E-state index in [9.17, 15) is 59.4 Å².